The van der Waals surface area contributed by atoms with Crippen LogP contribution in [0.15, 0.2) is 4.52 Å². The fraction of sp³-hybridized carbons (Fsp3) is 0.762. The minimum atomic E-state index is -0.310. The summed E-state index contributed by atoms with van der Waals surface area (Å²) in [6.07, 6.45) is 4.90. The van der Waals surface area contributed by atoms with Gasteiger partial charge in [-0.25, -0.2) is 0 Å². The van der Waals surface area contributed by atoms with Crippen molar-refractivity contribution in [1.82, 2.24) is 15.4 Å². The summed E-state index contributed by atoms with van der Waals surface area (Å²) in [5, 5.41) is 7.28. The van der Waals surface area contributed by atoms with E-state index in [2.05, 4.69) is 15.4 Å². The lowest BCUT2D eigenvalue weighted by Gasteiger charge is -2.58. The van der Waals surface area contributed by atoms with Crippen LogP contribution in [0.2, 0.25) is 0 Å². The highest BCUT2D eigenvalue weighted by Crippen LogP contribution is 2.60. The average Bonchev–Trinajstić information content (AvgIpc) is 3.26. The van der Waals surface area contributed by atoms with E-state index in [9.17, 15) is 9.59 Å². The summed E-state index contributed by atoms with van der Waals surface area (Å²) < 4.78 is 5.29. The van der Waals surface area contributed by atoms with Crippen molar-refractivity contribution >= 4 is 23.6 Å². The fourth-order valence-corrected chi connectivity index (χ4v) is 7.81. The van der Waals surface area contributed by atoms with Crippen molar-refractivity contribution in [3.63, 3.8) is 0 Å². The second kappa shape index (κ2) is 7.01. The third-order valence-corrected chi connectivity index (χ3v) is 9.10. The van der Waals surface area contributed by atoms with Crippen LogP contribution >= 0.6 is 11.8 Å². The van der Waals surface area contributed by atoms with Gasteiger partial charge < -0.3 is 15.6 Å². The number of hydrogen-bond donors (Lipinski definition) is 2. The zero-order chi connectivity index (χ0) is 20.3. The Morgan fingerprint density at radius 3 is 2.62 bits per heavy atom. The Balaban J connectivity index is 1.28. The summed E-state index contributed by atoms with van der Waals surface area (Å²) in [5.74, 6) is 3.15. The molecule has 5 aliphatic rings. The molecule has 1 saturated heterocycles. The maximum Gasteiger partial charge on any atom is 0.247 e. The van der Waals surface area contributed by atoms with Gasteiger partial charge in [-0.3, -0.25) is 14.5 Å². The molecular weight excluding hydrogens is 388 g/mol. The number of hydrogen-bond acceptors (Lipinski definition) is 6. The molecule has 3 N–H and O–H groups in total. The third kappa shape index (κ3) is 3.19. The van der Waals surface area contributed by atoms with Crippen LogP contribution in [-0.4, -0.2) is 45.6 Å². The van der Waals surface area contributed by atoms with Crippen molar-refractivity contribution in [2.75, 3.05) is 12.3 Å². The Hall–Kier alpha value is -1.54. The number of aromatic nitrogens is 1. The summed E-state index contributed by atoms with van der Waals surface area (Å²) >= 11 is 1.71. The first kappa shape index (κ1) is 19.4. The molecular formula is C21H30N4O3S. The van der Waals surface area contributed by atoms with E-state index in [4.69, 9.17) is 10.3 Å². The maximum absolute atomic E-state index is 13.3. The Labute approximate surface area is 175 Å². The predicted octanol–water partition coefficient (Wildman–Crippen LogP) is 1.96. The highest BCUT2D eigenvalue weighted by atomic mass is 32.2. The topological polar surface area (TPSA) is 101 Å². The van der Waals surface area contributed by atoms with Gasteiger partial charge in [0.25, 0.3) is 0 Å². The van der Waals surface area contributed by atoms with Gasteiger partial charge in [0, 0.05) is 35.9 Å². The zero-order valence-corrected chi connectivity index (χ0v) is 18.0. The fourth-order valence-electron chi connectivity index (χ4n) is 6.64. The van der Waals surface area contributed by atoms with Gasteiger partial charge in [0.2, 0.25) is 11.8 Å². The lowest BCUT2D eigenvalue weighted by molar-refractivity contribution is -0.147. The van der Waals surface area contributed by atoms with E-state index < -0.39 is 0 Å². The first-order valence-electron chi connectivity index (χ1n) is 10.7. The standard InChI is InChI=1S/C21H30N4O3S/c1-11-16(12(2)28-24-11)10-25-3-4-29-19(25)18(26)23-17-14-5-13-6-15(17)9-21(7-13,8-14)20(22)27/h13-15,17,19H,3-10H2,1-2H3,(H2,22,27)(H,23,26). The molecule has 1 aliphatic heterocycles. The summed E-state index contributed by atoms with van der Waals surface area (Å²) in [5.41, 5.74) is 7.47. The molecule has 3 atom stereocenters. The van der Waals surface area contributed by atoms with Gasteiger partial charge in [-0.1, -0.05) is 5.16 Å². The summed E-state index contributed by atoms with van der Waals surface area (Å²) in [6.45, 7) is 5.46. The van der Waals surface area contributed by atoms with Gasteiger partial charge in [0.05, 0.1) is 5.69 Å². The number of aryl methyl sites for hydroxylation is 2. The predicted molar refractivity (Wildman–Crippen MR) is 110 cm³/mol. The van der Waals surface area contributed by atoms with Crippen LogP contribution in [0, 0.1) is 37.0 Å². The number of thioether (sulfide) groups is 1. The van der Waals surface area contributed by atoms with Gasteiger partial charge in [-0.15, -0.1) is 11.8 Å². The van der Waals surface area contributed by atoms with Crippen molar-refractivity contribution in [2.45, 2.75) is 63.9 Å². The normalized spacial score (nSPS) is 38.5. The van der Waals surface area contributed by atoms with Crippen LogP contribution < -0.4 is 11.1 Å². The van der Waals surface area contributed by atoms with Gasteiger partial charge >= 0.3 is 0 Å². The Bertz CT molecular complexity index is 804. The number of rotatable bonds is 5. The van der Waals surface area contributed by atoms with Crippen LogP contribution in [0.1, 0.15) is 49.1 Å². The van der Waals surface area contributed by atoms with Crippen LogP contribution in [0.5, 0.6) is 0 Å². The monoisotopic (exact) mass is 418 g/mol. The van der Waals surface area contributed by atoms with Gasteiger partial charge in [-0.2, -0.15) is 0 Å². The number of primary amides is 1. The molecule has 2 heterocycles. The number of amides is 2. The summed E-state index contributed by atoms with van der Waals surface area (Å²) in [4.78, 5) is 27.6. The van der Waals surface area contributed by atoms with Crippen LogP contribution in [-0.2, 0) is 16.1 Å². The van der Waals surface area contributed by atoms with Crippen molar-refractivity contribution in [2.24, 2.45) is 28.9 Å². The van der Waals surface area contributed by atoms with Crippen LogP contribution in [0.3, 0.4) is 0 Å². The number of carbonyl (C=O) groups is 2. The first-order valence-corrected chi connectivity index (χ1v) is 11.8. The summed E-state index contributed by atoms with van der Waals surface area (Å²) in [6, 6.07) is 0.189. The molecule has 4 aliphatic carbocycles. The molecule has 0 radical (unpaired) electrons. The molecule has 7 nitrogen and oxygen atoms in total. The molecule has 3 unspecified atom stereocenters. The molecule has 29 heavy (non-hydrogen) atoms. The van der Waals surface area contributed by atoms with E-state index in [-0.39, 0.29) is 28.6 Å². The van der Waals surface area contributed by atoms with Gasteiger partial charge in [0.1, 0.15) is 11.1 Å². The van der Waals surface area contributed by atoms with Crippen LogP contribution in [0.25, 0.3) is 0 Å². The van der Waals surface area contributed by atoms with Crippen molar-refractivity contribution in [3.05, 3.63) is 17.0 Å². The molecule has 6 rings (SSSR count). The van der Waals surface area contributed by atoms with E-state index in [1.807, 2.05) is 13.8 Å². The maximum atomic E-state index is 13.3. The molecule has 0 aromatic carbocycles. The van der Waals surface area contributed by atoms with E-state index in [0.717, 1.165) is 61.4 Å². The second-order valence-corrected chi connectivity index (χ2v) is 10.8. The lowest BCUT2D eigenvalue weighted by atomic mass is 9.47. The van der Waals surface area contributed by atoms with E-state index in [0.29, 0.717) is 24.3 Å². The first-order chi connectivity index (χ1) is 13.9. The SMILES string of the molecule is Cc1noc(C)c1CN1CCSC1C(=O)NC1C2CC3CC1CC(C(N)=O)(C3)C2. The zero-order valence-electron chi connectivity index (χ0n) is 17.1. The third-order valence-electron chi connectivity index (χ3n) is 7.86. The average molecular weight is 419 g/mol. The molecule has 158 valence electrons. The largest absolute Gasteiger partial charge is 0.369 e. The molecule has 0 spiro atoms. The molecule has 4 bridgehead atoms. The number of nitrogens with two attached hydrogens (primary N) is 1. The molecule has 5 fully saturated rings. The molecule has 1 aromatic heterocycles. The Morgan fingerprint density at radius 2 is 2.00 bits per heavy atom. The van der Waals surface area contributed by atoms with E-state index in [1.54, 1.807) is 11.8 Å². The molecule has 2 amide bonds. The quantitative estimate of drug-likeness (QED) is 0.758. The number of nitrogens with zero attached hydrogens (tertiary/aromatic N) is 2. The molecule has 1 aromatic rings. The van der Waals surface area contributed by atoms with E-state index in [1.165, 1.54) is 0 Å². The minimum Gasteiger partial charge on any atom is -0.369 e. The van der Waals surface area contributed by atoms with Crippen LogP contribution in [0.4, 0.5) is 0 Å². The highest BCUT2D eigenvalue weighted by Gasteiger charge is 2.58. The smallest absolute Gasteiger partial charge is 0.247 e. The lowest BCUT2D eigenvalue weighted by Crippen LogP contribution is -2.63. The van der Waals surface area contributed by atoms with Crippen molar-refractivity contribution in [1.29, 1.82) is 0 Å². The Kier molecular flexibility index (Phi) is 4.70. The highest BCUT2D eigenvalue weighted by molar-refractivity contribution is 8.00. The Morgan fingerprint density at radius 1 is 1.28 bits per heavy atom. The molecule has 8 heteroatoms. The van der Waals surface area contributed by atoms with E-state index >= 15 is 0 Å². The van der Waals surface area contributed by atoms with Gasteiger partial charge in [0.15, 0.2) is 0 Å². The van der Waals surface area contributed by atoms with Crippen molar-refractivity contribution < 1.29 is 14.1 Å². The second-order valence-electron chi connectivity index (χ2n) is 9.65. The minimum absolute atomic E-state index is 0.116. The summed E-state index contributed by atoms with van der Waals surface area (Å²) in [7, 11) is 0. The molecule has 4 saturated carbocycles. The number of carbonyl (C=O) groups excluding carboxylic acids is 2. The van der Waals surface area contributed by atoms with Gasteiger partial charge in [-0.05, 0) is 63.7 Å². The number of nitrogens with one attached hydrogen (secondary N) is 1. The van der Waals surface area contributed by atoms with Crippen molar-refractivity contribution in [3.8, 4) is 0 Å².